The van der Waals surface area contributed by atoms with Crippen LogP contribution < -0.4 is 5.32 Å². The number of H-pyrrole nitrogens is 1. The Morgan fingerprint density at radius 1 is 1.24 bits per heavy atom. The summed E-state index contributed by atoms with van der Waals surface area (Å²) in [4.78, 5) is 8.27. The predicted molar refractivity (Wildman–Crippen MR) is 99.0 cm³/mol. The third-order valence-electron chi connectivity index (χ3n) is 5.92. The summed E-state index contributed by atoms with van der Waals surface area (Å²) in [6.07, 6.45) is 5.21. The summed E-state index contributed by atoms with van der Waals surface area (Å²) in [6.45, 7) is 7.78. The van der Waals surface area contributed by atoms with E-state index in [2.05, 4.69) is 36.3 Å². The van der Waals surface area contributed by atoms with E-state index in [1.165, 1.54) is 11.1 Å². The van der Waals surface area contributed by atoms with Crippen LogP contribution >= 0.6 is 0 Å². The second-order valence-electron chi connectivity index (χ2n) is 7.62. The molecule has 0 aliphatic carbocycles. The average molecular weight is 343 g/mol. The smallest absolute Gasteiger partial charge is 0.108 e. The number of rotatable bonds is 4. The van der Waals surface area contributed by atoms with Crippen LogP contribution in [0.1, 0.15) is 42.6 Å². The molecule has 1 spiro atoms. The van der Waals surface area contributed by atoms with Crippen molar-refractivity contribution < 1.29 is 9.47 Å². The minimum Gasteiger partial charge on any atom is -0.381 e. The van der Waals surface area contributed by atoms with Crippen LogP contribution in [0, 0.1) is 13.8 Å². The summed E-state index contributed by atoms with van der Waals surface area (Å²) >= 11 is 0. The second-order valence-corrected chi connectivity index (χ2v) is 7.62. The number of imidazole rings is 1. The van der Waals surface area contributed by atoms with E-state index >= 15 is 0 Å². The molecule has 2 aliphatic heterocycles. The SMILES string of the molecule is Cc1ccc2[nH]c(CCN[C@@H]3CCOC4(CCOCC4)C3)nc2c1C. The fourth-order valence-corrected chi connectivity index (χ4v) is 4.17. The number of nitrogens with zero attached hydrogens (tertiary/aromatic N) is 1. The normalized spacial score (nSPS) is 23.4. The molecule has 5 heteroatoms. The molecule has 2 aliphatic rings. The summed E-state index contributed by atoms with van der Waals surface area (Å²) in [5.74, 6) is 1.07. The molecule has 1 aromatic heterocycles. The van der Waals surface area contributed by atoms with E-state index in [0.29, 0.717) is 6.04 Å². The maximum atomic E-state index is 6.13. The molecule has 1 atom stereocenters. The maximum Gasteiger partial charge on any atom is 0.108 e. The van der Waals surface area contributed by atoms with E-state index in [1.807, 2.05) is 0 Å². The lowest BCUT2D eigenvalue weighted by Gasteiger charge is -2.43. The third-order valence-corrected chi connectivity index (χ3v) is 5.92. The maximum absolute atomic E-state index is 6.13. The Hall–Kier alpha value is -1.43. The quantitative estimate of drug-likeness (QED) is 0.896. The summed E-state index contributed by atoms with van der Waals surface area (Å²) in [7, 11) is 0. The zero-order chi connectivity index (χ0) is 17.3. The standard InChI is InChI=1S/C20H29N3O2/c1-14-3-4-17-19(15(14)2)23-18(22-17)5-9-21-16-6-10-25-20(13-16)7-11-24-12-8-20/h3-4,16,21H,5-13H2,1-2H3,(H,22,23)/t16-/m1/s1. The number of hydrogen-bond acceptors (Lipinski definition) is 4. The van der Waals surface area contributed by atoms with Crippen LogP contribution in [-0.4, -0.2) is 48.0 Å². The van der Waals surface area contributed by atoms with Crippen molar-refractivity contribution in [2.45, 2.75) is 57.6 Å². The van der Waals surface area contributed by atoms with Crippen molar-refractivity contribution in [3.63, 3.8) is 0 Å². The first-order valence-corrected chi connectivity index (χ1v) is 9.55. The molecule has 1 aromatic carbocycles. The van der Waals surface area contributed by atoms with Gasteiger partial charge in [-0.25, -0.2) is 4.98 Å². The van der Waals surface area contributed by atoms with E-state index in [1.54, 1.807) is 0 Å². The summed E-state index contributed by atoms with van der Waals surface area (Å²) in [6, 6.07) is 4.84. The van der Waals surface area contributed by atoms with Crippen molar-refractivity contribution in [2.24, 2.45) is 0 Å². The van der Waals surface area contributed by atoms with Crippen molar-refractivity contribution in [3.8, 4) is 0 Å². The Kier molecular flexibility index (Phi) is 4.80. The van der Waals surface area contributed by atoms with Gasteiger partial charge in [-0.1, -0.05) is 6.07 Å². The summed E-state index contributed by atoms with van der Waals surface area (Å²) < 4.78 is 11.6. The molecular weight excluding hydrogens is 314 g/mol. The number of hydrogen-bond donors (Lipinski definition) is 2. The zero-order valence-electron chi connectivity index (χ0n) is 15.4. The van der Waals surface area contributed by atoms with Crippen LogP contribution in [0.25, 0.3) is 11.0 Å². The molecule has 3 heterocycles. The number of nitrogens with one attached hydrogen (secondary N) is 2. The van der Waals surface area contributed by atoms with E-state index < -0.39 is 0 Å². The van der Waals surface area contributed by atoms with Crippen molar-refractivity contribution in [3.05, 3.63) is 29.1 Å². The highest BCUT2D eigenvalue weighted by molar-refractivity contribution is 5.79. The monoisotopic (exact) mass is 343 g/mol. The molecule has 5 nitrogen and oxygen atoms in total. The lowest BCUT2D eigenvalue weighted by atomic mass is 9.84. The van der Waals surface area contributed by atoms with Crippen LogP contribution in [0.5, 0.6) is 0 Å². The number of benzene rings is 1. The first-order valence-electron chi connectivity index (χ1n) is 9.55. The topological polar surface area (TPSA) is 59.2 Å². The third kappa shape index (κ3) is 3.59. The molecule has 0 radical (unpaired) electrons. The van der Waals surface area contributed by atoms with Gasteiger partial charge in [0.05, 0.1) is 16.6 Å². The van der Waals surface area contributed by atoms with Gasteiger partial charge < -0.3 is 19.8 Å². The number of aryl methyl sites for hydroxylation is 2. The van der Waals surface area contributed by atoms with Gasteiger partial charge in [0.1, 0.15) is 5.82 Å². The van der Waals surface area contributed by atoms with Crippen molar-refractivity contribution in [2.75, 3.05) is 26.4 Å². The number of fused-ring (bicyclic) bond motifs is 1. The van der Waals surface area contributed by atoms with E-state index in [4.69, 9.17) is 14.5 Å². The molecule has 2 N–H and O–H groups in total. The van der Waals surface area contributed by atoms with Crippen molar-refractivity contribution in [1.82, 2.24) is 15.3 Å². The van der Waals surface area contributed by atoms with E-state index in [9.17, 15) is 0 Å². The molecule has 0 unspecified atom stereocenters. The Bertz CT molecular complexity index is 728. The van der Waals surface area contributed by atoms with Gasteiger partial charge in [-0.15, -0.1) is 0 Å². The highest BCUT2D eigenvalue weighted by Crippen LogP contribution is 2.34. The fourth-order valence-electron chi connectivity index (χ4n) is 4.17. The number of aromatic amines is 1. The molecule has 2 saturated heterocycles. The lowest BCUT2D eigenvalue weighted by molar-refractivity contribution is -0.140. The van der Waals surface area contributed by atoms with Crippen molar-refractivity contribution >= 4 is 11.0 Å². The van der Waals surface area contributed by atoms with Crippen LogP contribution in [0.4, 0.5) is 0 Å². The van der Waals surface area contributed by atoms with Gasteiger partial charge >= 0.3 is 0 Å². The van der Waals surface area contributed by atoms with Crippen LogP contribution in [0.15, 0.2) is 12.1 Å². The van der Waals surface area contributed by atoms with E-state index in [-0.39, 0.29) is 5.60 Å². The van der Waals surface area contributed by atoms with Gasteiger partial charge in [0.2, 0.25) is 0 Å². The van der Waals surface area contributed by atoms with Gasteiger partial charge in [-0.3, -0.25) is 0 Å². The molecule has 0 saturated carbocycles. The Labute approximate surface area is 149 Å². The molecule has 136 valence electrons. The Morgan fingerprint density at radius 2 is 2.08 bits per heavy atom. The fraction of sp³-hybridized carbons (Fsp3) is 0.650. The van der Waals surface area contributed by atoms with Gasteiger partial charge in [0.15, 0.2) is 0 Å². The van der Waals surface area contributed by atoms with Crippen LogP contribution in [0.3, 0.4) is 0 Å². The zero-order valence-corrected chi connectivity index (χ0v) is 15.4. The molecule has 2 aromatic rings. The lowest BCUT2D eigenvalue weighted by Crippen LogP contribution is -2.50. The number of aromatic nitrogens is 2. The first kappa shape index (κ1) is 17.0. The highest BCUT2D eigenvalue weighted by Gasteiger charge is 2.38. The molecular formula is C20H29N3O2. The van der Waals surface area contributed by atoms with Gasteiger partial charge in [0.25, 0.3) is 0 Å². The highest BCUT2D eigenvalue weighted by atomic mass is 16.5. The average Bonchev–Trinajstić information content (AvgIpc) is 3.03. The van der Waals surface area contributed by atoms with E-state index in [0.717, 1.165) is 75.3 Å². The summed E-state index contributed by atoms with van der Waals surface area (Å²) in [5.41, 5.74) is 4.89. The van der Waals surface area contributed by atoms with Gasteiger partial charge in [-0.05, 0) is 56.7 Å². The minimum atomic E-state index is 0.0577. The first-order chi connectivity index (χ1) is 12.2. The number of ether oxygens (including phenoxy) is 2. The molecule has 25 heavy (non-hydrogen) atoms. The van der Waals surface area contributed by atoms with Crippen LogP contribution in [-0.2, 0) is 15.9 Å². The van der Waals surface area contributed by atoms with Gasteiger partial charge in [0, 0.05) is 38.8 Å². The molecule has 2 fully saturated rings. The largest absolute Gasteiger partial charge is 0.381 e. The van der Waals surface area contributed by atoms with Crippen LogP contribution in [0.2, 0.25) is 0 Å². The Morgan fingerprint density at radius 3 is 2.92 bits per heavy atom. The Balaban J connectivity index is 1.34. The molecule has 0 amide bonds. The summed E-state index contributed by atoms with van der Waals surface area (Å²) in [5, 5.41) is 3.73. The van der Waals surface area contributed by atoms with Crippen molar-refractivity contribution in [1.29, 1.82) is 0 Å². The minimum absolute atomic E-state index is 0.0577. The second kappa shape index (κ2) is 7.06. The molecule has 0 bridgehead atoms. The predicted octanol–water partition coefficient (Wildman–Crippen LogP) is 3.04. The van der Waals surface area contributed by atoms with Gasteiger partial charge in [-0.2, -0.15) is 0 Å². The molecule has 4 rings (SSSR count).